The van der Waals surface area contributed by atoms with Crippen LogP contribution in [0, 0.1) is 6.92 Å². The molecule has 1 rings (SSSR count). The number of nitrogens with zero attached hydrogens (tertiary/aromatic N) is 3. The van der Waals surface area contributed by atoms with Crippen LogP contribution in [0.3, 0.4) is 0 Å². The highest BCUT2D eigenvalue weighted by Crippen LogP contribution is 2.22. The van der Waals surface area contributed by atoms with Crippen molar-refractivity contribution in [3.63, 3.8) is 0 Å². The van der Waals surface area contributed by atoms with Gasteiger partial charge in [0.2, 0.25) is 0 Å². The first-order chi connectivity index (χ1) is 9.65. The maximum Gasteiger partial charge on any atom is 0.0589 e. The average Bonchev–Trinajstić information content (AvgIpc) is 2.77. The van der Waals surface area contributed by atoms with E-state index in [0.29, 0.717) is 13.2 Å². The number of rotatable bonds is 10. The van der Waals surface area contributed by atoms with E-state index in [1.807, 2.05) is 17.9 Å². The lowest BCUT2D eigenvalue weighted by Crippen LogP contribution is -2.37. The summed E-state index contributed by atoms with van der Waals surface area (Å²) in [6, 6.07) is 0.177. The molecular formula is C14H28N4O2. The molecule has 1 aromatic heterocycles. The second kappa shape index (κ2) is 9.07. The van der Waals surface area contributed by atoms with Crippen molar-refractivity contribution in [2.75, 3.05) is 47.1 Å². The fourth-order valence-corrected chi connectivity index (χ4v) is 2.36. The summed E-state index contributed by atoms with van der Waals surface area (Å²) in [7, 11) is 5.40. The van der Waals surface area contributed by atoms with Crippen molar-refractivity contribution in [3.05, 3.63) is 17.5 Å². The lowest BCUT2D eigenvalue weighted by Gasteiger charge is -2.30. The van der Waals surface area contributed by atoms with E-state index in [1.54, 1.807) is 14.2 Å². The maximum absolute atomic E-state index is 6.01. The van der Waals surface area contributed by atoms with E-state index < -0.39 is 0 Å². The number of hydrogen-bond acceptors (Lipinski definition) is 5. The number of aryl methyl sites for hydroxylation is 1. The summed E-state index contributed by atoms with van der Waals surface area (Å²) >= 11 is 0. The second-order valence-corrected chi connectivity index (χ2v) is 4.94. The van der Waals surface area contributed by atoms with E-state index in [9.17, 15) is 0 Å². The lowest BCUT2D eigenvalue weighted by molar-refractivity contribution is 0.108. The van der Waals surface area contributed by atoms with Crippen LogP contribution in [-0.2, 0) is 16.5 Å². The van der Waals surface area contributed by atoms with Gasteiger partial charge >= 0.3 is 0 Å². The molecule has 0 amide bonds. The van der Waals surface area contributed by atoms with Gasteiger partial charge in [0.15, 0.2) is 0 Å². The Morgan fingerprint density at radius 2 is 2.00 bits per heavy atom. The molecule has 20 heavy (non-hydrogen) atoms. The molecular weight excluding hydrogens is 256 g/mol. The number of ether oxygens (including phenoxy) is 2. The van der Waals surface area contributed by atoms with Crippen molar-refractivity contribution >= 4 is 0 Å². The number of nitrogens with two attached hydrogens (primary N) is 1. The molecule has 6 heteroatoms. The third-order valence-corrected chi connectivity index (χ3v) is 3.67. The third kappa shape index (κ3) is 4.56. The van der Waals surface area contributed by atoms with Crippen LogP contribution in [-0.4, -0.2) is 61.7 Å². The lowest BCUT2D eigenvalue weighted by atomic mass is 10.1. The Balaban J connectivity index is 2.80. The van der Waals surface area contributed by atoms with Gasteiger partial charge in [0, 0.05) is 58.8 Å². The van der Waals surface area contributed by atoms with Crippen LogP contribution >= 0.6 is 0 Å². The minimum atomic E-state index is 0.177. The number of methoxy groups -OCH3 is 2. The van der Waals surface area contributed by atoms with Crippen LogP contribution in [0.1, 0.15) is 23.7 Å². The van der Waals surface area contributed by atoms with E-state index in [-0.39, 0.29) is 6.04 Å². The van der Waals surface area contributed by atoms with Gasteiger partial charge in [-0.1, -0.05) is 0 Å². The Labute approximate surface area is 121 Å². The Morgan fingerprint density at radius 1 is 1.30 bits per heavy atom. The quantitative estimate of drug-likeness (QED) is 0.641. The minimum absolute atomic E-state index is 0.177. The van der Waals surface area contributed by atoms with Crippen LogP contribution in [0.25, 0.3) is 0 Å². The number of hydrogen-bond donors (Lipinski definition) is 1. The monoisotopic (exact) mass is 284 g/mol. The fourth-order valence-electron chi connectivity index (χ4n) is 2.36. The predicted molar refractivity (Wildman–Crippen MR) is 79.7 cm³/mol. The molecule has 0 aliphatic rings. The summed E-state index contributed by atoms with van der Waals surface area (Å²) in [5, 5.41) is 4.32. The number of aromatic nitrogens is 2. The maximum atomic E-state index is 6.01. The van der Waals surface area contributed by atoms with Crippen LogP contribution in [0.5, 0.6) is 0 Å². The molecule has 0 bridgehead atoms. The first-order valence-corrected chi connectivity index (χ1v) is 7.06. The zero-order chi connectivity index (χ0) is 15.0. The van der Waals surface area contributed by atoms with Crippen molar-refractivity contribution in [3.8, 4) is 0 Å². The predicted octanol–water partition coefficient (Wildman–Crippen LogP) is 0.713. The average molecular weight is 284 g/mol. The molecule has 1 heterocycles. The van der Waals surface area contributed by atoms with Crippen molar-refractivity contribution in [2.45, 2.75) is 19.4 Å². The van der Waals surface area contributed by atoms with Gasteiger partial charge in [-0.3, -0.25) is 9.58 Å². The SMILES string of the molecule is COCCCN(CCOC)C(CN)c1cnn(C)c1C. The van der Waals surface area contributed by atoms with Crippen LogP contribution in [0.4, 0.5) is 0 Å². The molecule has 0 aliphatic heterocycles. The molecule has 0 spiro atoms. The summed E-state index contributed by atoms with van der Waals surface area (Å²) in [6.07, 6.45) is 2.90. The van der Waals surface area contributed by atoms with E-state index in [2.05, 4.69) is 16.9 Å². The second-order valence-electron chi connectivity index (χ2n) is 4.94. The molecule has 0 aromatic carbocycles. The zero-order valence-corrected chi connectivity index (χ0v) is 13.1. The first-order valence-electron chi connectivity index (χ1n) is 7.06. The Kier molecular flexibility index (Phi) is 7.76. The van der Waals surface area contributed by atoms with E-state index in [0.717, 1.165) is 31.8 Å². The normalized spacial score (nSPS) is 13.1. The van der Waals surface area contributed by atoms with Gasteiger partial charge in [-0.2, -0.15) is 5.10 Å². The summed E-state index contributed by atoms with van der Waals surface area (Å²) < 4.78 is 12.2. The summed E-state index contributed by atoms with van der Waals surface area (Å²) in [5.74, 6) is 0. The Morgan fingerprint density at radius 3 is 2.50 bits per heavy atom. The van der Waals surface area contributed by atoms with E-state index >= 15 is 0 Å². The molecule has 6 nitrogen and oxygen atoms in total. The van der Waals surface area contributed by atoms with Crippen molar-refractivity contribution in [2.24, 2.45) is 12.8 Å². The van der Waals surface area contributed by atoms with Crippen molar-refractivity contribution < 1.29 is 9.47 Å². The molecule has 1 atom stereocenters. The smallest absolute Gasteiger partial charge is 0.0589 e. The Bertz CT molecular complexity index is 381. The molecule has 0 saturated carbocycles. The van der Waals surface area contributed by atoms with Gasteiger partial charge in [-0.15, -0.1) is 0 Å². The summed E-state index contributed by atoms with van der Waals surface area (Å²) in [6.45, 7) is 5.90. The highest BCUT2D eigenvalue weighted by Gasteiger charge is 2.22. The van der Waals surface area contributed by atoms with Crippen molar-refractivity contribution in [1.29, 1.82) is 0 Å². The van der Waals surface area contributed by atoms with Gasteiger partial charge < -0.3 is 15.2 Å². The standard InChI is InChI=1S/C14H28N4O2/c1-12-13(11-16-17(12)2)14(10-15)18(7-9-20-4)6-5-8-19-3/h11,14H,5-10,15H2,1-4H3. The van der Waals surface area contributed by atoms with Crippen molar-refractivity contribution in [1.82, 2.24) is 14.7 Å². The van der Waals surface area contributed by atoms with Gasteiger partial charge in [0.1, 0.15) is 0 Å². The van der Waals surface area contributed by atoms with Crippen LogP contribution in [0.15, 0.2) is 6.20 Å². The molecule has 116 valence electrons. The van der Waals surface area contributed by atoms with Crippen LogP contribution in [0.2, 0.25) is 0 Å². The molecule has 0 radical (unpaired) electrons. The molecule has 1 aromatic rings. The summed E-state index contributed by atoms with van der Waals surface area (Å²) in [5.41, 5.74) is 8.37. The largest absolute Gasteiger partial charge is 0.385 e. The minimum Gasteiger partial charge on any atom is -0.385 e. The third-order valence-electron chi connectivity index (χ3n) is 3.67. The molecule has 0 saturated heterocycles. The highest BCUT2D eigenvalue weighted by atomic mass is 16.5. The Hall–Kier alpha value is -0.950. The molecule has 0 fully saturated rings. The van der Waals surface area contributed by atoms with Crippen LogP contribution < -0.4 is 5.73 Å². The van der Waals surface area contributed by atoms with E-state index in [1.165, 1.54) is 5.56 Å². The first kappa shape index (κ1) is 17.1. The molecule has 2 N–H and O–H groups in total. The van der Waals surface area contributed by atoms with E-state index in [4.69, 9.17) is 15.2 Å². The zero-order valence-electron chi connectivity index (χ0n) is 13.1. The topological polar surface area (TPSA) is 65.5 Å². The van der Waals surface area contributed by atoms with Gasteiger partial charge in [-0.05, 0) is 13.3 Å². The fraction of sp³-hybridized carbons (Fsp3) is 0.786. The molecule has 1 unspecified atom stereocenters. The van der Waals surface area contributed by atoms with Gasteiger partial charge in [0.05, 0.1) is 18.8 Å². The van der Waals surface area contributed by atoms with Gasteiger partial charge in [-0.25, -0.2) is 0 Å². The molecule has 0 aliphatic carbocycles. The summed E-state index contributed by atoms with van der Waals surface area (Å²) in [4.78, 5) is 2.35. The highest BCUT2D eigenvalue weighted by molar-refractivity contribution is 5.21. The van der Waals surface area contributed by atoms with Gasteiger partial charge in [0.25, 0.3) is 0 Å².